The first kappa shape index (κ1) is 17.9. The minimum absolute atomic E-state index is 0.417. The van der Waals surface area contributed by atoms with Crippen LogP contribution >= 0.6 is 0 Å². The molecule has 29 heavy (non-hydrogen) atoms. The van der Waals surface area contributed by atoms with Crippen LogP contribution in [-0.2, 0) is 4.74 Å². The Kier molecular flexibility index (Phi) is 4.04. The van der Waals surface area contributed by atoms with Crippen molar-refractivity contribution in [1.82, 2.24) is 19.7 Å². The number of nitrogens with two attached hydrogens (primary N) is 1. The molecule has 154 valence electrons. The lowest BCUT2D eigenvalue weighted by molar-refractivity contribution is -0.0610. The van der Waals surface area contributed by atoms with Crippen LogP contribution < -0.4 is 5.73 Å². The highest BCUT2D eigenvalue weighted by Crippen LogP contribution is 2.59. The molecule has 6 nitrogen and oxygen atoms in total. The quantitative estimate of drug-likeness (QED) is 0.814. The van der Waals surface area contributed by atoms with Crippen LogP contribution in [0.15, 0.2) is 18.3 Å². The van der Waals surface area contributed by atoms with Gasteiger partial charge in [0.2, 0.25) is 0 Å². The van der Waals surface area contributed by atoms with Crippen LogP contribution in [0.25, 0.3) is 11.3 Å². The predicted octanol–water partition coefficient (Wildman–Crippen LogP) is 3.42. The maximum Gasteiger partial charge on any atom is 0.126 e. The number of hydrogen-bond donors (Lipinski definition) is 1. The highest BCUT2D eigenvalue weighted by molar-refractivity contribution is 5.63. The Balaban J connectivity index is 1.29. The summed E-state index contributed by atoms with van der Waals surface area (Å²) < 4.78 is 7.70. The molecule has 0 amide bonds. The van der Waals surface area contributed by atoms with E-state index in [0.717, 1.165) is 42.7 Å². The number of piperidine rings is 1. The third kappa shape index (κ3) is 2.91. The smallest absolute Gasteiger partial charge is 0.126 e. The molecular weight excluding hydrogens is 362 g/mol. The first-order valence-electron chi connectivity index (χ1n) is 11.3. The SMILES string of the molecule is CCC(C)n1nc(-c2cnc(N)c(C3CC3)c2)cc1C1[C@H]2CN(C3COC3)C[C@@H]12. The van der Waals surface area contributed by atoms with Gasteiger partial charge in [0.15, 0.2) is 0 Å². The van der Waals surface area contributed by atoms with Gasteiger partial charge in [-0.25, -0.2) is 4.98 Å². The molecule has 4 atom stereocenters. The number of rotatable bonds is 6. The molecule has 4 fully saturated rings. The molecule has 0 bridgehead atoms. The zero-order valence-corrected chi connectivity index (χ0v) is 17.4. The third-order valence-corrected chi connectivity index (χ3v) is 7.74. The molecule has 0 aromatic carbocycles. The van der Waals surface area contributed by atoms with E-state index < -0.39 is 0 Å². The fourth-order valence-corrected chi connectivity index (χ4v) is 5.41. The van der Waals surface area contributed by atoms with Crippen molar-refractivity contribution in [3.8, 4) is 11.3 Å². The molecule has 2 saturated carbocycles. The fourth-order valence-electron chi connectivity index (χ4n) is 5.41. The number of anilines is 1. The van der Waals surface area contributed by atoms with Gasteiger partial charge in [-0.3, -0.25) is 9.58 Å². The van der Waals surface area contributed by atoms with E-state index >= 15 is 0 Å². The van der Waals surface area contributed by atoms with E-state index in [0.29, 0.717) is 29.7 Å². The molecule has 2 N–H and O–H groups in total. The monoisotopic (exact) mass is 393 g/mol. The van der Waals surface area contributed by atoms with E-state index in [1.807, 2.05) is 6.20 Å². The van der Waals surface area contributed by atoms with Gasteiger partial charge in [-0.1, -0.05) is 6.92 Å². The van der Waals surface area contributed by atoms with Crippen LogP contribution in [0.1, 0.15) is 62.2 Å². The summed E-state index contributed by atoms with van der Waals surface area (Å²) in [6, 6.07) is 5.66. The first-order chi connectivity index (χ1) is 14.1. The summed E-state index contributed by atoms with van der Waals surface area (Å²) in [5, 5.41) is 5.07. The van der Waals surface area contributed by atoms with Crippen LogP contribution in [0.2, 0.25) is 0 Å². The van der Waals surface area contributed by atoms with Crippen molar-refractivity contribution < 1.29 is 4.74 Å². The molecule has 2 unspecified atom stereocenters. The first-order valence-corrected chi connectivity index (χ1v) is 11.3. The largest absolute Gasteiger partial charge is 0.383 e. The predicted molar refractivity (Wildman–Crippen MR) is 113 cm³/mol. The van der Waals surface area contributed by atoms with E-state index in [1.165, 1.54) is 37.2 Å². The number of nitrogens with zero attached hydrogens (tertiary/aromatic N) is 4. The lowest BCUT2D eigenvalue weighted by Gasteiger charge is -2.35. The van der Waals surface area contributed by atoms with E-state index in [4.69, 9.17) is 15.6 Å². The van der Waals surface area contributed by atoms with Gasteiger partial charge in [0.1, 0.15) is 5.82 Å². The number of pyridine rings is 1. The van der Waals surface area contributed by atoms with Gasteiger partial charge in [0.25, 0.3) is 0 Å². The second-order valence-corrected chi connectivity index (χ2v) is 9.63. The van der Waals surface area contributed by atoms with Crippen molar-refractivity contribution in [2.45, 2.75) is 57.0 Å². The number of fused-ring (bicyclic) bond motifs is 1. The van der Waals surface area contributed by atoms with Gasteiger partial charge in [-0.05, 0) is 61.6 Å². The second kappa shape index (κ2) is 6.54. The van der Waals surface area contributed by atoms with Crippen LogP contribution in [0, 0.1) is 11.8 Å². The molecule has 0 radical (unpaired) electrons. The summed E-state index contributed by atoms with van der Waals surface area (Å²) >= 11 is 0. The van der Waals surface area contributed by atoms with Gasteiger partial charge in [-0.2, -0.15) is 5.10 Å². The van der Waals surface area contributed by atoms with Gasteiger partial charge in [-0.15, -0.1) is 0 Å². The van der Waals surface area contributed by atoms with Gasteiger partial charge < -0.3 is 10.5 Å². The Morgan fingerprint density at radius 3 is 2.59 bits per heavy atom. The van der Waals surface area contributed by atoms with Crippen molar-refractivity contribution in [1.29, 1.82) is 0 Å². The average molecular weight is 394 g/mol. The third-order valence-electron chi connectivity index (χ3n) is 7.74. The molecule has 6 rings (SSSR count). The van der Waals surface area contributed by atoms with Crippen molar-refractivity contribution in [3.05, 3.63) is 29.6 Å². The normalized spacial score (nSPS) is 30.2. The lowest BCUT2D eigenvalue weighted by Crippen LogP contribution is -2.48. The zero-order valence-electron chi connectivity index (χ0n) is 17.4. The van der Waals surface area contributed by atoms with E-state index in [1.54, 1.807) is 0 Å². The summed E-state index contributed by atoms with van der Waals surface area (Å²) in [7, 11) is 0. The fraction of sp³-hybridized carbons (Fsp3) is 0.652. The number of likely N-dealkylation sites (tertiary alicyclic amines) is 1. The van der Waals surface area contributed by atoms with E-state index in [9.17, 15) is 0 Å². The Bertz CT molecular complexity index is 919. The molecule has 2 aliphatic heterocycles. The second-order valence-electron chi connectivity index (χ2n) is 9.63. The van der Waals surface area contributed by atoms with Crippen LogP contribution in [0.5, 0.6) is 0 Å². The Morgan fingerprint density at radius 2 is 1.97 bits per heavy atom. The van der Waals surface area contributed by atoms with E-state index in [2.05, 4.69) is 40.5 Å². The maximum absolute atomic E-state index is 6.14. The lowest BCUT2D eigenvalue weighted by atomic mass is 10.1. The van der Waals surface area contributed by atoms with E-state index in [-0.39, 0.29) is 0 Å². The average Bonchev–Trinajstić information content (AvgIpc) is 3.55. The minimum atomic E-state index is 0.417. The summed E-state index contributed by atoms with van der Waals surface area (Å²) in [6.07, 6.45) is 5.46. The van der Waals surface area contributed by atoms with Crippen molar-refractivity contribution >= 4 is 5.82 Å². The topological polar surface area (TPSA) is 69.2 Å². The molecule has 2 aromatic rings. The maximum atomic E-state index is 6.14. The summed E-state index contributed by atoms with van der Waals surface area (Å²) in [6.45, 7) is 8.82. The molecule has 0 spiro atoms. The van der Waals surface area contributed by atoms with Gasteiger partial charge in [0, 0.05) is 42.5 Å². The highest BCUT2D eigenvalue weighted by atomic mass is 16.5. The standard InChI is InChI=1S/C23H31N5O/c1-3-13(2)28-21(22-18-9-27(10-19(18)22)16-11-29-12-16)7-20(26-28)15-6-17(14-4-5-14)23(24)25-8-15/h6-8,13-14,16,18-19,22H,3-5,9-12H2,1-2H3,(H2,24,25)/t13?,18-,19+,22?. The zero-order chi connectivity index (χ0) is 19.7. The molecular formula is C23H31N5O. The highest BCUT2D eigenvalue weighted by Gasteiger charge is 2.58. The Hall–Kier alpha value is -1.92. The van der Waals surface area contributed by atoms with Crippen molar-refractivity contribution in [3.63, 3.8) is 0 Å². The Labute approximate surface area is 172 Å². The van der Waals surface area contributed by atoms with Crippen LogP contribution in [-0.4, -0.2) is 52.0 Å². The number of ether oxygens (including phenoxy) is 1. The van der Waals surface area contributed by atoms with Gasteiger partial charge >= 0.3 is 0 Å². The number of nitrogen functional groups attached to an aromatic ring is 1. The summed E-state index contributed by atoms with van der Waals surface area (Å²) in [4.78, 5) is 7.14. The summed E-state index contributed by atoms with van der Waals surface area (Å²) in [5.74, 6) is 3.52. The van der Waals surface area contributed by atoms with Gasteiger partial charge in [0.05, 0.1) is 24.9 Å². The van der Waals surface area contributed by atoms with Crippen LogP contribution in [0.4, 0.5) is 5.82 Å². The molecule has 2 aromatic heterocycles. The van der Waals surface area contributed by atoms with Crippen molar-refractivity contribution in [2.75, 3.05) is 32.0 Å². The molecule has 2 aliphatic carbocycles. The number of hydrogen-bond acceptors (Lipinski definition) is 5. The Morgan fingerprint density at radius 1 is 1.21 bits per heavy atom. The molecule has 6 heteroatoms. The van der Waals surface area contributed by atoms with Crippen molar-refractivity contribution in [2.24, 2.45) is 11.8 Å². The molecule has 2 saturated heterocycles. The minimum Gasteiger partial charge on any atom is -0.383 e. The molecule has 4 aliphatic rings. The van der Waals surface area contributed by atoms with Crippen LogP contribution in [0.3, 0.4) is 0 Å². The molecule has 4 heterocycles. The summed E-state index contributed by atoms with van der Waals surface area (Å²) in [5.41, 5.74) is 11.0. The number of aromatic nitrogens is 3.